The highest BCUT2D eigenvalue weighted by molar-refractivity contribution is 5.77. The molecule has 0 radical (unpaired) electrons. The molecular weight excluding hydrogens is 278 g/mol. The van der Waals surface area contributed by atoms with Crippen molar-refractivity contribution in [2.24, 2.45) is 0 Å². The molecule has 1 amide bonds. The zero-order chi connectivity index (χ0) is 15.7. The molecule has 22 heavy (non-hydrogen) atoms. The van der Waals surface area contributed by atoms with Crippen LogP contribution >= 0.6 is 0 Å². The lowest BCUT2D eigenvalue weighted by Gasteiger charge is -2.18. The summed E-state index contributed by atoms with van der Waals surface area (Å²) in [5.74, 6) is -0.0410. The number of carbonyl (C=O) groups is 1. The van der Waals surface area contributed by atoms with Gasteiger partial charge in [-0.05, 0) is 37.0 Å². The number of H-pyrrole nitrogens is 1. The number of rotatable bonds is 4. The highest BCUT2D eigenvalue weighted by atomic mass is 16.3. The van der Waals surface area contributed by atoms with Crippen LogP contribution < -0.4 is 5.32 Å². The molecule has 2 atom stereocenters. The van der Waals surface area contributed by atoms with Crippen molar-refractivity contribution in [2.75, 3.05) is 0 Å². The molecule has 3 N–H and O–H groups in total. The molecule has 3 rings (SSSR count). The average Bonchev–Trinajstić information content (AvgIpc) is 2.98. The van der Waals surface area contributed by atoms with Crippen LogP contribution in [0, 0.1) is 13.8 Å². The molecule has 1 aromatic heterocycles. The second-order valence-electron chi connectivity index (χ2n) is 5.93. The number of fused-ring (bicyclic) bond motifs is 1. The topological polar surface area (TPSA) is 78.0 Å². The van der Waals surface area contributed by atoms with Crippen LogP contribution in [0.2, 0.25) is 0 Å². The first-order valence-electron chi connectivity index (χ1n) is 7.62. The van der Waals surface area contributed by atoms with E-state index in [0.29, 0.717) is 19.3 Å². The number of aryl methyl sites for hydroxylation is 2. The quantitative estimate of drug-likeness (QED) is 0.804. The minimum absolute atomic E-state index is 0.0410. The number of nitrogens with zero attached hydrogens (tertiary/aromatic N) is 1. The van der Waals surface area contributed by atoms with Crippen molar-refractivity contribution in [1.29, 1.82) is 0 Å². The average molecular weight is 299 g/mol. The van der Waals surface area contributed by atoms with Gasteiger partial charge in [0.25, 0.3) is 0 Å². The van der Waals surface area contributed by atoms with Crippen molar-refractivity contribution in [3.63, 3.8) is 0 Å². The lowest BCUT2D eigenvalue weighted by Crippen LogP contribution is -2.34. The normalized spacial score (nSPS) is 20.0. The second kappa shape index (κ2) is 5.93. The number of benzene rings is 1. The zero-order valence-corrected chi connectivity index (χ0v) is 12.9. The first kappa shape index (κ1) is 14.8. The van der Waals surface area contributed by atoms with Gasteiger partial charge in [0.2, 0.25) is 5.91 Å². The van der Waals surface area contributed by atoms with Crippen LogP contribution in [0.25, 0.3) is 0 Å². The van der Waals surface area contributed by atoms with E-state index in [1.807, 2.05) is 38.1 Å². The number of carbonyl (C=O) groups excluding carboxylic acids is 1. The minimum Gasteiger partial charge on any atom is -0.390 e. The van der Waals surface area contributed by atoms with Crippen molar-refractivity contribution < 1.29 is 9.90 Å². The van der Waals surface area contributed by atoms with Gasteiger partial charge in [0, 0.05) is 18.5 Å². The third-order valence-electron chi connectivity index (χ3n) is 4.40. The van der Waals surface area contributed by atoms with E-state index in [1.165, 1.54) is 0 Å². The number of aliphatic hydroxyl groups excluding tert-OH is 1. The van der Waals surface area contributed by atoms with E-state index < -0.39 is 6.10 Å². The molecule has 0 saturated heterocycles. The molecule has 1 aliphatic carbocycles. The van der Waals surface area contributed by atoms with Crippen LogP contribution in [0.5, 0.6) is 0 Å². The van der Waals surface area contributed by atoms with Gasteiger partial charge < -0.3 is 10.4 Å². The molecule has 0 fully saturated rings. The summed E-state index contributed by atoms with van der Waals surface area (Å²) in [6, 6.07) is 7.58. The third-order valence-corrected chi connectivity index (χ3v) is 4.40. The second-order valence-corrected chi connectivity index (χ2v) is 5.93. The molecular formula is C17H21N3O2. The predicted octanol–water partition coefficient (Wildman–Crippen LogP) is 1.73. The maximum atomic E-state index is 12.2. The van der Waals surface area contributed by atoms with Crippen molar-refractivity contribution in [2.45, 2.75) is 45.3 Å². The molecule has 0 spiro atoms. The van der Waals surface area contributed by atoms with Gasteiger partial charge in [0.05, 0.1) is 17.8 Å². The van der Waals surface area contributed by atoms with E-state index in [2.05, 4.69) is 15.5 Å². The Morgan fingerprint density at radius 3 is 2.91 bits per heavy atom. The van der Waals surface area contributed by atoms with Gasteiger partial charge in [-0.2, -0.15) is 5.10 Å². The molecule has 5 heteroatoms. The molecule has 0 saturated carbocycles. The number of nitrogens with one attached hydrogen (secondary N) is 2. The lowest BCUT2D eigenvalue weighted by molar-refractivity contribution is -0.122. The van der Waals surface area contributed by atoms with Crippen LogP contribution in [0.1, 0.15) is 40.5 Å². The summed E-state index contributed by atoms with van der Waals surface area (Å²) >= 11 is 0. The number of hydrogen-bond donors (Lipinski definition) is 3. The Bertz CT molecular complexity index is 673. The summed E-state index contributed by atoms with van der Waals surface area (Å²) < 4.78 is 0. The highest BCUT2D eigenvalue weighted by Crippen LogP contribution is 2.31. The number of aromatic amines is 1. The van der Waals surface area contributed by atoms with E-state index in [1.54, 1.807) is 0 Å². The number of hydrogen-bond acceptors (Lipinski definition) is 3. The van der Waals surface area contributed by atoms with E-state index in [9.17, 15) is 9.90 Å². The molecule has 116 valence electrons. The van der Waals surface area contributed by atoms with Crippen molar-refractivity contribution in [3.8, 4) is 0 Å². The Balaban J connectivity index is 1.63. The highest BCUT2D eigenvalue weighted by Gasteiger charge is 2.31. The zero-order valence-electron chi connectivity index (χ0n) is 12.9. The molecule has 1 aromatic carbocycles. The first-order chi connectivity index (χ1) is 10.6. The fourth-order valence-corrected chi connectivity index (χ4v) is 3.17. The first-order valence-corrected chi connectivity index (χ1v) is 7.62. The lowest BCUT2D eigenvalue weighted by atomic mass is 10.1. The van der Waals surface area contributed by atoms with Gasteiger partial charge in [-0.15, -0.1) is 0 Å². The van der Waals surface area contributed by atoms with Crippen molar-refractivity contribution >= 4 is 5.91 Å². The largest absolute Gasteiger partial charge is 0.390 e. The van der Waals surface area contributed by atoms with Crippen LogP contribution in [0.4, 0.5) is 0 Å². The van der Waals surface area contributed by atoms with Gasteiger partial charge in [0.15, 0.2) is 0 Å². The van der Waals surface area contributed by atoms with Gasteiger partial charge in [0.1, 0.15) is 0 Å². The molecule has 2 aromatic rings. The van der Waals surface area contributed by atoms with Crippen molar-refractivity contribution in [3.05, 3.63) is 52.3 Å². The van der Waals surface area contributed by atoms with E-state index in [4.69, 9.17) is 0 Å². The summed E-state index contributed by atoms with van der Waals surface area (Å²) in [5, 5.41) is 20.2. The van der Waals surface area contributed by atoms with Crippen LogP contribution in [0.15, 0.2) is 24.3 Å². The Labute approximate surface area is 129 Å². The fraction of sp³-hybridized carbons (Fsp3) is 0.412. The van der Waals surface area contributed by atoms with Gasteiger partial charge in [-0.1, -0.05) is 24.3 Å². The summed E-state index contributed by atoms with van der Waals surface area (Å²) in [6.45, 7) is 3.90. The molecule has 0 bridgehead atoms. The van der Waals surface area contributed by atoms with Crippen molar-refractivity contribution in [1.82, 2.24) is 15.5 Å². The monoisotopic (exact) mass is 299 g/mol. The maximum absolute atomic E-state index is 12.2. The molecule has 1 aliphatic rings. The Morgan fingerprint density at radius 1 is 1.41 bits per heavy atom. The number of amides is 1. The van der Waals surface area contributed by atoms with E-state index in [-0.39, 0.29) is 11.9 Å². The predicted molar refractivity (Wildman–Crippen MR) is 83.4 cm³/mol. The standard InChI is InChI=1S/C17H21N3O2/c1-10-13(11(2)20-19-10)7-8-16(22)18-17-14-6-4-3-5-12(14)9-15(17)21/h3-6,15,17,21H,7-9H2,1-2H3,(H,18,22)(H,19,20). The summed E-state index contributed by atoms with van der Waals surface area (Å²) in [5.41, 5.74) is 5.19. The molecule has 2 unspecified atom stereocenters. The van der Waals surface area contributed by atoms with E-state index in [0.717, 1.165) is 28.1 Å². The Morgan fingerprint density at radius 2 is 2.18 bits per heavy atom. The number of aliphatic hydroxyl groups is 1. The Hall–Kier alpha value is -2.14. The SMILES string of the molecule is Cc1n[nH]c(C)c1CCC(=O)NC1c2ccccc2CC1O. The molecule has 5 nitrogen and oxygen atoms in total. The molecule has 0 aliphatic heterocycles. The third kappa shape index (κ3) is 2.76. The van der Waals surface area contributed by atoms with Crippen LogP contribution in [-0.2, 0) is 17.6 Å². The van der Waals surface area contributed by atoms with Crippen LogP contribution in [-0.4, -0.2) is 27.3 Å². The number of aromatic nitrogens is 2. The van der Waals surface area contributed by atoms with Crippen LogP contribution in [0.3, 0.4) is 0 Å². The summed E-state index contributed by atoms with van der Waals surface area (Å²) in [7, 11) is 0. The fourth-order valence-electron chi connectivity index (χ4n) is 3.17. The van der Waals surface area contributed by atoms with Gasteiger partial charge in [-0.3, -0.25) is 9.89 Å². The van der Waals surface area contributed by atoms with E-state index >= 15 is 0 Å². The minimum atomic E-state index is -0.543. The Kier molecular flexibility index (Phi) is 3.98. The summed E-state index contributed by atoms with van der Waals surface area (Å²) in [6.07, 6.45) is 1.11. The van der Waals surface area contributed by atoms with Gasteiger partial charge in [-0.25, -0.2) is 0 Å². The smallest absolute Gasteiger partial charge is 0.220 e. The maximum Gasteiger partial charge on any atom is 0.220 e. The van der Waals surface area contributed by atoms with Gasteiger partial charge >= 0.3 is 0 Å². The summed E-state index contributed by atoms with van der Waals surface area (Å²) in [4.78, 5) is 12.2. The molecule has 1 heterocycles.